The predicted molar refractivity (Wildman–Crippen MR) is 76.7 cm³/mol. The van der Waals surface area contributed by atoms with Gasteiger partial charge in [0, 0.05) is 22.8 Å². The van der Waals surface area contributed by atoms with Gasteiger partial charge in [-0.15, -0.1) is 0 Å². The number of anilines is 1. The van der Waals surface area contributed by atoms with Crippen molar-refractivity contribution in [3.05, 3.63) is 27.7 Å². The zero-order valence-corrected chi connectivity index (χ0v) is 12.7. The van der Waals surface area contributed by atoms with E-state index in [2.05, 4.69) is 21.2 Å². The summed E-state index contributed by atoms with van der Waals surface area (Å²) in [5.41, 5.74) is 7.38. The molecule has 0 spiro atoms. The molecular formula is C13H19BrN2O2. The van der Waals surface area contributed by atoms with E-state index >= 15 is 0 Å². The van der Waals surface area contributed by atoms with E-state index in [0.717, 1.165) is 10.0 Å². The van der Waals surface area contributed by atoms with Crippen LogP contribution >= 0.6 is 15.9 Å². The third-order valence-corrected chi connectivity index (χ3v) is 3.07. The fourth-order valence-electron chi connectivity index (χ4n) is 1.71. The minimum Gasteiger partial charge on any atom is -0.398 e. The van der Waals surface area contributed by atoms with Crippen molar-refractivity contribution in [2.75, 3.05) is 19.5 Å². The average molecular weight is 315 g/mol. The molecule has 0 saturated heterocycles. The van der Waals surface area contributed by atoms with Crippen LogP contribution in [0, 0.1) is 6.92 Å². The van der Waals surface area contributed by atoms with Crippen LogP contribution in [0.15, 0.2) is 16.6 Å². The summed E-state index contributed by atoms with van der Waals surface area (Å²) in [5.74, 6) is -0.150. The molecule has 1 rings (SSSR count). The molecule has 0 aliphatic carbocycles. The molecular weight excluding hydrogens is 296 g/mol. The molecule has 0 saturated carbocycles. The molecule has 3 N–H and O–H groups in total. The summed E-state index contributed by atoms with van der Waals surface area (Å²) in [6, 6.07) is 3.55. The first-order valence-electron chi connectivity index (χ1n) is 5.64. The Bertz CT molecular complexity index is 459. The minimum absolute atomic E-state index is 0.150. The van der Waals surface area contributed by atoms with Gasteiger partial charge in [0.25, 0.3) is 5.91 Å². The van der Waals surface area contributed by atoms with Crippen molar-refractivity contribution >= 4 is 27.5 Å². The van der Waals surface area contributed by atoms with E-state index in [9.17, 15) is 4.79 Å². The number of carbonyl (C=O) groups is 1. The van der Waals surface area contributed by atoms with Gasteiger partial charge in [-0.25, -0.2) is 0 Å². The van der Waals surface area contributed by atoms with Gasteiger partial charge in [-0.05, 0) is 38.5 Å². The first-order chi connectivity index (χ1) is 8.26. The largest absolute Gasteiger partial charge is 0.398 e. The first kappa shape index (κ1) is 15.0. The Kier molecular flexibility index (Phi) is 4.76. The summed E-state index contributed by atoms with van der Waals surface area (Å²) in [6.07, 6.45) is 0. The van der Waals surface area contributed by atoms with E-state index in [0.29, 0.717) is 17.9 Å². The van der Waals surface area contributed by atoms with Crippen LogP contribution in [0.4, 0.5) is 5.69 Å². The zero-order valence-electron chi connectivity index (χ0n) is 11.1. The zero-order chi connectivity index (χ0) is 13.9. The van der Waals surface area contributed by atoms with Gasteiger partial charge in [0.05, 0.1) is 12.1 Å². The second kappa shape index (κ2) is 5.71. The van der Waals surface area contributed by atoms with Gasteiger partial charge in [0.2, 0.25) is 0 Å². The van der Waals surface area contributed by atoms with Crippen LogP contribution in [-0.4, -0.2) is 25.2 Å². The molecule has 0 radical (unpaired) electrons. The SMILES string of the molecule is COCC(C)(C)NC(=O)c1cc(Br)cc(N)c1C. The molecule has 0 fully saturated rings. The third-order valence-electron chi connectivity index (χ3n) is 2.61. The van der Waals surface area contributed by atoms with Crippen LogP contribution in [0.1, 0.15) is 29.8 Å². The number of nitrogens with two attached hydrogens (primary N) is 1. The highest BCUT2D eigenvalue weighted by Crippen LogP contribution is 2.23. The van der Waals surface area contributed by atoms with Crippen molar-refractivity contribution < 1.29 is 9.53 Å². The number of carbonyl (C=O) groups excluding carboxylic acids is 1. The van der Waals surface area contributed by atoms with E-state index in [-0.39, 0.29) is 5.91 Å². The van der Waals surface area contributed by atoms with Crippen LogP contribution in [-0.2, 0) is 4.74 Å². The summed E-state index contributed by atoms with van der Waals surface area (Å²) in [6.45, 7) is 6.09. The number of hydrogen-bond donors (Lipinski definition) is 2. The molecule has 5 heteroatoms. The monoisotopic (exact) mass is 314 g/mol. The van der Waals surface area contributed by atoms with E-state index in [4.69, 9.17) is 10.5 Å². The molecule has 0 unspecified atom stereocenters. The van der Waals surface area contributed by atoms with Crippen molar-refractivity contribution in [2.24, 2.45) is 0 Å². The van der Waals surface area contributed by atoms with E-state index in [1.165, 1.54) is 0 Å². The van der Waals surface area contributed by atoms with E-state index in [1.807, 2.05) is 20.8 Å². The highest BCUT2D eigenvalue weighted by Gasteiger charge is 2.22. The normalized spacial score (nSPS) is 11.4. The Morgan fingerprint density at radius 1 is 1.50 bits per heavy atom. The number of nitrogen functional groups attached to an aromatic ring is 1. The van der Waals surface area contributed by atoms with Gasteiger partial charge in [-0.1, -0.05) is 15.9 Å². The quantitative estimate of drug-likeness (QED) is 0.839. The van der Waals surface area contributed by atoms with Crippen molar-refractivity contribution in [3.8, 4) is 0 Å². The fraction of sp³-hybridized carbons (Fsp3) is 0.462. The summed E-state index contributed by atoms with van der Waals surface area (Å²) in [7, 11) is 1.61. The lowest BCUT2D eigenvalue weighted by Gasteiger charge is -2.25. The molecule has 0 aromatic heterocycles. The van der Waals surface area contributed by atoms with Gasteiger partial charge in [0.15, 0.2) is 0 Å². The smallest absolute Gasteiger partial charge is 0.252 e. The third kappa shape index (κ3) is 3.71. The Morgan fingerprint density at radius 2 is 2.11 bits per heavy atom. The number of amides is 1. The molecule has 1 amide bonds. The Hall–Kier alpha value is -1.07. The molecule has 4 nitrogen and oxygen atoms in total. The van der Waals surface area contributed by atoms with Crippen molar-refractivity contribution in [2.45, 2.75) is 26.3 Å². The molecule has 0 heterocycles. The highest BCUT2D eigenvalue weighted by atomic mass is 79.9. The predicted octanol–water partition coefficient (Wildman–Crippen LogP) is 2.49. The maximum atomic E-state index is 12.2. The number of halogens is 1. The second-order valence-corrected chi connectivity index (χ2v) is 5.85. The Balaban J connectivity index is 2.98. The molecule has 18 heavy (non-hydrogen) atoms. The summed E-state index contributed by atoms with van der Waals surface area (Å²) < 4.78 is 5.86. The second-order valence-electron chi connectivity index (χ2n) is 4.94. The Labute approximate surface area is 116 Å². The van der Waals surface area contributed by atoms with Gasteiger partial charge < -0.3 is 15.8 Å². The first-order valence-corrected chi connectivity index (χ1v) is 6.43. The van der Waals surface area contributed by atoms with Crippen LogP contribution < -0.4 is 11.1 Å². The van der Waals surface area contributed by atoms with Crippen molar-refractivity contribution in [3.63, 3.8) is 0 Å². The number of rotatable bonds is 4. The van der Waals surface area contributed by atoms with Crippen LogP contribution in [0.25, 0.3) is 0 Å². The standard InChI is InChI=1S/C13H19BrN2O2/c1-8-10(5-9(14)6-11(8)15)12(17)16-13(2,3)7-18-4/h5-6H,7,15H2,1-4H3,(H,16,17). The summed E-state index contributed by atoms with van der Waals surface area (Å²) >= 11 is 3.34. The number of methoxy groups -OCH3 is 1. The summed E-state index contributed by atoms with van der Waals surface area (Å²) in [4.78, 5) is 12.2. The van der Waals surface area contributed by atoms with Gasteiger partial charge in [0.1, 0.15) is 0 Å². The minimum atomic E-state index is -0.421. The van der Waals surface area contributed by atoms with Gasteiger partial charge >= 0.3 is 0 Å². The lowest BCUT2D eigenvalue weighted by molar-refractivity contribution is 0.0819. The number of nitrogens with one attached hydrogen (secondary N) is 1. The molecule has 0 atom stereocenters. The molecule has 1 aromatic rings. The molecule has 100 valence electrons. The summed E-state index contributed by atoms with van der Waals surface area (Å²) in [5, 5.41) is 2.93. The van der Waals surface area contributed by atoms with Gasteiger partial charge in [-0.2, -0.15) is 0 Å². The van der Waals surface area contributed by atoms with E-state index in [1.54, 1.807) is 19.2 Å². The maximum absolute atomic E-state index is 12.2. The number of benzene rings is 1. The molecule has 0 bridgehead atoms. The number of hydrogen-bond acceptors (Lipinski definition) is 3. The van der Waals surface area contributed by atoms with Crippen molar-refractivity contribution in [1.82, 2.24) is 5.32 Å². The lowest BCUT2D eigenvalue weighted by atomic mass is 10.0. The van der Waals surface area contributed by atoms with Gasteiger partial charge in [-0.3, -0.25) is 4.79 Å². The van der Waals surface area contributed by atoms with Crippen molar-refractivity contribution in [1.29, 1.82) is 0 Å². The van der Waals surface area contributed by atoms with Crippen LogP contribution in [0.3, 0.4) is 0 Å². The molecule has 1 aromatic carbocycles. The Morgan fingerprint density at radius 3 is 2.67 bits per heavy atom. The molecule has 0 aliphatic rings. The lowest BCUT2D eigenvalue weighted by Crippen LogP contribution is -2.47. The fourth-order valence-corrected chi connectivity index (χ4v) is 2.18. The molecule has 0 aliphatic heterocycles. The number of ether oxygens (including phenoxy) is 1. The maximum Gasteiger partial charge on any atom is 0.252 e. The topological polar surface area (TPSA) is 64.3 Å². The van der Waals surface area contributed by atoms with E-state index < -0.39 is 5.54 Å². The van der Waals surface area contributed by atoms with Crippen LogP contribution in [0.2, 0.25) is 0 Å². The van der Waals surface area contributed by atoms with Crippen LogP contribution in [0.5, 0.6) is 0 Å². The highest BCUT2D eigenvalue weighted by molar-refractivity contribution is 9.10. The average Bonchev–Trinajstić information content (AvgIpc) is 2.22.